The molecule has 2 aliphatic heterocycles. The van der Waals surface area contributed by atoms with Gasteiger partial charge in [-0.1, -0.05) is 29.8 Å². The number of amidine groups is 1. The molecule has 160 valence electrons. The highest BCUT2D eigenvalue weighted by Gasteiger charge is 2.26. The van der Waals surface area contributed by atoms with Crippen LogP contribution in [0.1, 0.15) is 37.4 Å². The summed E-state index contributed by atoms with van der Waals surface area (Å²) >= 11 is 0. The molecule has 9 heteroatoms. The zero-order valence-electron chi connectivity index (χ0n) is 17.2. The van der Waals surface area contributed by atoms with Crippen molar-refractivity contribution < 1.29 is 22.7 Å². The minimum Gasteiger partial charge on any atom is -0.463 e. The van der Waals surface area contributed by atoms with Crippen LogP contribution in [-0.4, -0.2) is 49.4 Å². The van der Waals surface area contributed by atoms with Crippen LogP contribution in [0.4, 0.5) is 0 Å². The van der Waals surface area contributed by atoms with E-state index in [4.69, 9.17) is 4.74 Å². The molecule has 1 unspecified atom stereocenters. The molecule has 0 aromatic heterocycles. The van der Waals surface area contributed by atoms with Gasteiger partial charge >= 0.3 is 5.97 Å². The summed E-state index contributed by atoms with van der Waals surface area (Å²) in [6.07, 6.45) is 4.34. The van der Waals surface area contributed by atoms with Gasteiger partial charge < -0.3 is 15.0 Å². The highest BCUT2D eigenvalue weighted by molar-refractivity contribution is 7.90. The minimum absolute atomic E-state index is 0.00135. The van der Waals surface area contributed by atoms with E-state index in [9.17, 15) is 18.0 Å². The van der Waals surface area contributed by atoms with Crippen molar-refractivity contribution in [1.29, 1.82) is 0 Å². The van der Waals surface area contributed by atoms with Gasteiger partial charge in [0.15, 0.2) is 0 Å². The maximum Gasteiger partial charge on any atom is 0.308 e. The number of hydrogen-bond acceptors (Lipinski definition) is 6. The zero-order valence-corrected chi connectivity index (χ0v) is 18.0. The van der Waals surface area contributed by atoms with Crippen LogP contribution in [0.25, 0.3) is 0 Å². The Morgan fingerprint density at radius 3 is 2.57 bits per heavy atom. The van der Waals surface area contributed by atoms with Gasteiger partial charge in [-0.3, -0.25) is 9.59 Å². The van der Waals surface area contributed by atoms with E-state index in [1.54, 1.807) is 24.9 Å². The molecule has 1 amide bonds. The topological polar surface area (TPSA) is 105 Å². The first-order chi connectivity index (χ1) is 14.1. The van der Waals surface area contributed by atoms with Crippen molar-refractivity contribution in [3.8, 4) is 0 Å². The van der Waals surface area contributed by atoms with E-state index < -0.39 is 22.0 Å². The Bertz CT molecular complexity index is 1020. The maximum absolute atomic E-state index is 12.9. The third-order valence-electron chi connectivity index (χ3n) is 4.61. The molecular formula is C21H25N3O5S. The van der Waals surface area contributed by atoms with Crippen LogP contribution in [0.5, 0.6) is 0 Å². The normalized spacial score (nSPS) is 18.2. The summed E-state index contributed by atoms with van der Waals surface area (Å²) in [5.41, 5.74) is 2.21. The van der Waals surface area contributed by atoms with Gasteiger partial charge in [-0.2, -0.15) is 0 Å². The molecule has 0 saturated carbocycles. The largest absolute Gasteiger partial charge is 0.463 e. The highest BCUT2D eigenvalue weighted by Crippen LogP contribution is 2.21. The van der Waals surface area contributed by atoms with Crippen molar-refractivity contribution in [1.82, 2.24) is 10.2 Å². The van der Waals surface area contributed by atoms with E-state index in [-0.39, 0.29) is 36.6 Å². The summed E-state index contributed by atoms with van der Waals surface area (Å²) in [5, 5.41) is 2.89. The number of nitrogens with one attached hydrogen (secondary N) is 1. The van der Waals surface area contributed by atoms with Crippen molar-refractivity contribution in [2.75, 3.05) is 12.3 Å². The molecule has 0 saturated heterocycles. The lowest BCUT2D eigenvalue weighted by molar-refractivity contribution is -0.148. The molecule has 0 bridgehead atoms. The average Bonchev–Trinajstić information content (AvgIpc) is 2.66. The summed E-state index contributed by atoms with van der Waals surface area (Å²) in [7, 11) is -3.46. The Morgan fingerprint density at radius 2 is 1.90 bits per heavy atom. The average molecular weight is 432 g/mol. The van der Waals surface area contributed by atoms with Crippen molar-refractivity contribution >= 4 is 27.7 Å². The summed E-state index contributed by atoms with van der Waals surface area (Å²) in [6.45, 7) is 5.73. The SMILES string of the molecule is Cc1ccc(C(CC(=O)OC(C)C)NC(=O)C2=CN3CCS(=O)(=O)N=C3C=C2)cc1. The lowest BCUT2D eigenvalue weighted by atomic mass is 10.0. The number of nitrogens with zero attached hydrogens (tertiary/aromatic N) is 2. The molecule has 0 aliphatic carbocycles. The van der Waals surface area contributed by atoms with E-state index >= 15 is 0 Å². The second kappa shape index (κ2) is 8.83. The quantitative estimate of drug-likeness (QED) is 0.691. The van der Waals surface area contributed by atoms with Gasteiger partial charge in [0.05, 0.1) is 29.9 Å². The maximum atomic E-state index is 12.9. The smallest absolute Gasteiger partial charge is 0.308 e. The number of aryl methyl sites for hydroxylation is 1. The first-order valence-corrected chi connectivity index (χ1v) is 11.3. The van der Waals surface area contributed by atoms with Gasteiger partial charge in [-0.25, -0.2) is 8.42 Å². The number of amides is 1. The minimum atomic E-state index is -3.46. The highest BCUT2D eigenvalue weighted by atomic mass is 32.2. The molecule has 30 heavy (non-hydrogen) atoms. The number of hydrogen-bond donors (Lipinski definition) is 1. The van der Waals surface area contributed by atoms with Crippen molar-refractivity contribution in [3.05, 3.63) is 59.3 Å². The molecule has 8 nitrogen and oxygen atoms in total. The van der Waals surface area contributed by atoms with Crippen LogP contribution >= 0.6 is 0 Å². The van der Waals surface area contributed by atoms with Crippen LogP contribution in [-0.2, 0) is 24.3 Å². The standard InChI is InChI=1S/C21H25N3O5S/c1-14(2)29-20(25)12-18(16-6-4-15(3)5-7-16)22-21(26)17-8-9-19-23-30(27,28)11-10-24(19)13-17/h4-9,13-14,18H,10-12H2,1-3H3,(H,22,26). The van der Waals surface area contributed by atoms with Crippen LogP contribution in [0.15, 0.2) is 52.6 Å². The van der Waals surface area contributed by atoms with Gasteiger partial charge in [0.1, 0.15) is 5.84 Å². The van der Waals surface area contributed by atoms with E-state index in [1.165, 1.54) is 12.2 Å². The van der Waals surface area contributed by atoms with E-state index in [0.717, 1.165) is 11.1 Å². The monoisotopic (exact) mass is 431 g/mol. The van der Waals surface area contributed by atoms with Crippen molar-refractivity contribution in [2.24, 2.45) is 4.40 Å². The summed E-state index contributed by atoms with van der Waals surface area (Å²) in [6, 6.07) is 7.01. The molecule has 0 radical (unpaired) electrons. The van der Waals surface area contributed by atoms with E-state index in [0.29, 0.717) is 5.57 Å². The first kappa shape index (κ1) is 21.8. The molecule has 1 atom stereocenters. The Hall–Kier alpha value is -2.94. The molecule has 0 spiro atoms. The lowest BCUT2D eigenvalue weighted by Crippen LogP contribution is -2.38. The first-order valence-electron chi connectivity index (χ1n) is 9.69. The van der Waals surface area contributed by atoms with Crippen LogP contribution < -0.4 is 5.32 Å². The third kappa shape index (κ3) is 5.56. The number of ether oxygens (including phenoxy) is 1. The third-order valence-corrected chi connectivity index (χ3v) is 5.77. The van der Waals surface area contributed by atoms with Gasteiger partial charge in [0, 0.05) is 12.7 Å². The molecule has 1 N–H and O–H groups in total. The summed E-state index contributed by atoms with van der Waals surface area (Å²) in [5.74, 6) is -0.599. The number of carbonyl (C=O) groups excluding carboxylic acids is 2. The molecule has 1 aromatic carbocycles. The van der Waals surface area contributed by atoms with Gasteiger partial charge in [-0.05, 0) is 38.5 Å². The predicted octanol–water partition coefficient (Wildman–Crippen LogP) is 1.99. The van der Waals surface area contributed by atoms with Crippen molar-refractivity contribution in [3.63, 3.8) is 0 Å². The van der Waals surface area contributed by atoms with Gasteiger partial charge in [-0.15, -0.1) is 4.40 Å². The van der Waals surface area contributed by atoms with Crippen molar-refractivity contribution in [2.45, 2.75) is 39.3 Å². The second-order valence-corrected chi connectivity index (χ2v) is 9.28. The van der Waals surface area contributed by atoms with E-state index in [1.807, 2.05) is 31.2 Å². The van der Waals surface area contributed by atoms with Crippen LogP contribution in [0, 0.1) is 6.92 Å². The number of esters is 1. The van der Waals surface area contributed by atoms with Crippen LogP contribution in [0.3, 0.4) is 0 Å². The number of carbonyl (C=O) groups is 2. The Kier molecular flexibility index (Phi) is 6.40. The molecule has 3 rings (SSSR count). The van der Waals surface area contributed by atoms with Crippen LogP contribution in [0.2, 0.25) is 0 Å². The zero-order chi connectivity index (χ0) is 21.9. The molecular weight excluding hydrogens is 406 g/mol. The second-order valence-electron chi connectivity index (χ2n) is 7.53. The van der Waals surface area contributed by atoms with E-state index in [2.05, 4.69) is 9.71 Å². The fourth-order valence-corrected chi connectivity index (χ4v) is 4.07. The number of rotatable bonds is 6. The lowest BCUT2D eigenvalue weighted by Gasteiger charge is -2.27. The van der Waals surface area contributed by atoms with Gasteiger partial charge in [0.2, 0.25) is 0 Å². The summed E-state index contributed by atoms with van der Waals surface area (Å²) < 4.78 is 32.2. The molecule has 0 fully saturated rings. The predicted molar refractivity (Wildman–Crippen MR) is 113 cm³/mol. The fraction of sp³-hybridized carbons (Fsp3) is 0.381. The Balaban J connectivity index is 1.78. The summed E-state index contributed by atoms with van der Waals surface area (Å²) in [4.78, 5) is 26.7. The fourth-order valence-electron chi connectivity index (χ4n) is 3.11. The number of fused-ring (bicyclic) bond motifs is 1. The Labute approximate surface area is 176 Å². The number of benzene rings is 1. The molecule has 1 aromatic rings. The molecule has 2 aliphatic rings. The Morgan fingerprint density at radius 1 is 1.20 bits per heavy atom. The molecule has 2 heterocycles. The van der Waals surface area contributed by atoms with Gasteiger partial charge in [0.25, 0.3) is 15.9 Å². The number of sulfonamides is 1.